The molecular weight excluding hydrogens is 480 g/mol. The summed E-state index contributed by atoms with van der Waals surface area (Å²) < 4.78 is 1.37. The van der Waals surface area contributed by atoms with Crippen molar-refractivity contribution in [3.63, 3.8) is 0 Å². The summed E-state index contributed by atoms with van der Waals surface area (Å²) in [6.45, 7) is 5.81. The van der Waals surface area contributed by atoms with Crippen LogP contribution in [0.15, 0.2) is 52.4 Å². The van der Waals surface area contributed by atoms with Gasteiger partial charge in [-0.25, -0.2) is 4.98 Å². The Morgan fingerprint density at radius 3 is 2.47 bits per heavy atom. The van der Waals surface area contributed by atoms with E-state index in [0.29, 0.717) is 29.6 Å². The second-order valence-corrected chi connectivity index (χ2v) is 10.7. The number of aryl methyl sites for hydroxylation is 1. The summed E-state index contributed by atoms with van der Waals surface area (Å²) in [7, 11) is 3.34. The first kappa shape index (κ1) is 26.8. The number of hydrogen-bond donors (Lipinski definition) is 1. The highest BCUT2D eigenvalue weighted by molar-refractivity contribution is 6.02. The predicted octanol–water partition coefficient (Wildman–Crippen LogP) is 3.86. The molecule has 2 heterocycles. The Balaban J connectivity index is 1.70. The van der Waals surface area contributed by atoms with Crippen LogP contribution in [-0.4, -0.2) is 45.2 Å². The lowest BCUT2D eigenvalue weighted by Gasteiger charge is -2.40. The molecule has 3 aromatic rings. The zero-order valence-corrected chi connectivity index (χ0v) is 22.3. The van der Waals surface area contributed by atoms with E-state index < -0.39 is 17.3 Å². The third-order valence-corrected chi connectivity index (χ3v) is 6.95. The maximum absolute atomic E-state index is 13.0. The Hall–Kier alpha value is -4.21. The summed E-state index contributed by atoms with van der Waals surface area (Å²) in [4.78, 5) is 25.1. The fourth-order valence-corrected chi connectivity index (χ4v) is 5.05. The second kappa shape index (κ2) is 10.6. The average molecular weight is 513 g/mol. The molecule has 9 heteroatoms. The third-order valence-electron chi connectivity index (χ3n) is 6.95. The molecule has 38 heavy (non-hydrogen) atoms. The fourth-order valence-electron chi connectivity index (χ4n) is 5.05. The first-order valence-corrected chi connectivity index (χ1v) is 12.6. The normalized spacial score (nSPS) is 20.0. The van der Waals surface area contributed by atoms with Gasteiger partial charge in [0.2, 0.25) is 0 Å². The predicted molar refractivity (Wildman–Crippen MR) is 146 cm³/mol. The number of fused-ring (bicyclic) bond motifs is 1. The molecule has 0 aliphatic heterocycles. The average Bonchev–Trinajstić information content (AvgIpc) is 2.90. The van der Waals surface area contributed by atoms with E-state index in [0.717, 1.165) is 17.7 Å². The first-order valence-electron chi connectivity index (χ1n) is 12.6. The van der Waals surface area contributed by atoms with E-state index in [4.69, 9.17) is 4.84 Å². The second-order valence-electron chi connectivity index (χ2n) is 10.7. The maximum atomic E-state index is 13.0. The SMILES string of the molecule is CN(c1c(C#N)c(=O)n(C)c2ccc(C#N)nc12)[C@@H]1CC[C@H](/C(=N\OC(C)(C)C)c2ccccc2)C[C@H]1O. The number of pyridine rings is 2. The number of rotatable bonds is 5. The lowest BCUT2D eigenvalue weighted by atomic mass is 9.79. The van der Waals surface area contributed by atoms with Crippen molar-refractivity contribution in [2.75, 3.05) is 11.9 Å². The molecule has 1 fully saturated rings. The molecular formula is C29H32N6O3. The molecule has 9 nitrogen and oxygen atoms in total. The molecule has 1 aliphatic rings. The van der Waals surface area contributed by atoms with Gasteiger partial charge >= 0.3 is 0 Å². The molecule has 1 N–H and O–H groups in total. The van der Waals surface area contributed by atoms with Crippen LogP contribution in [0.1, 0.15) is 56.9 Å². The van der Waals surface area contributed by atoms with Crippen LogP contribution >= 0.6 is 0 Å². The molecule has 3 atom stereocenters. The minimum Gasteiger partial charge on any atom is -0.391 e. The molecule has 1 aliphatic carbocycles. The van der Waals surface area contributed by atoms with Crippen molar-refractivity contribution in [1.82, 2.24) is 9.55 Å². The monoisotopic (exact) mass is 512 g/mol. The van der Waals surface area contributed by atoms with Crippen LogP contribution in [0.3, 0.4) is 0 Å². The van der Waals surface area contributed by atoms with Gasteiger partial charge in [0, 0.05) is 20.0 Å². The van der Waals surface area contributed by atoms with Gasteiger partial charge in [-0.3, -0.25) is 4.79 Å². The molecule has 4 rings (SSSR count). The van der Waals surface area contributed by atoms with E-state index in [1.54, 1.807) is 31.1 Å². The van der Waals surface area contributed by atoms with E-state index in [1.807, 2.05) is 63.2 Å². The number of aromatic nitrogens is 2. The van der Waals surface area contributed by atoms with E-state index >= 15 is 0 Å². The summed E-state index contributed by atoms with van der Waals surface area (Å²) in [5, 5.41) is 35.2. The highest BCUT2D eigenvalue weighted by atomic mass is 16.6. The maximum Gasteiger partial charge on any atom is 0.270 e. The van der Waals surface area contributed by atoms with Crippen molar-refractivity contribution in [1.29, 1.82) is 10.5 Å². The number of nitriles is 2. The van der Waals surface area contributed by atoms with Crippen molar-refractivity contribution >= 4 is 22.4 Å². The van der Waals surface area contributed by atoms with E-state index in [-0.39, 0.29) is 23.2 Å². The lowest BCUT2D eigenvalue weighted by Crippen LogP contribution is -2.47. The van der Waals surface area contributed by atoms with Gasteiger partial charge in [-0.1, -0.05) is 35.5 Å². The Bertz CT molecular complexity index is 1510. The number of oxime groups is 1. The number of likely N-dealkylation sites (N-methyl/N-ethyl adjacent to an activating group) is 1. The van der Waals surface area contributed by atoms with Gasteiger partial charge in [-0.05, 0) is 57.7 Å². The summed E-state index contributed by atoms with van der Waals surface area (Å²) in [5.41, 5.74) is 2.16. The van der Waals surface area contributed by atoms with Crippen LogP contribution < -0.4 is 10.5 Å². The lowest BCUT2D eigenvalue weighted by molar-refractivity contribution is -0.000634. The summed E-state index contributed by atoms with van der Waals surface area (Å²) in [6, 6.07) is 16.7. The van der Waals surface area contributed by atoms with Crippen LogP contribution in [0.4, 0.5) is 5.69 Å². The quantitative estimate of drug-likeness (QED) is 0.406. The summed E-state index contributed by atoms with van der Waals surface area (Å²) in [6.07, 6.45) is 0.961. The van der Waals surface area contributed by atoms with Gasteiger partial charge in [-0.2, -0.15) is 10.5 Å². The zero-order chi connectivity index (χ0) is 27.6. The minimum absolute atomic E-state index is 0.0430. The Kier molecular flexibility index (Phi) is 7.52. The van der Waals surface area contributed by atoms with Crippen molar-refractivity contribution in [2.24, 2.45) is 18.1 Å². The Morgan fingerprint density at radius 1 is 1.16 bits per heavy atom. The van der Waals surface area contributed by atoms with Crippen LogP contribution in [0.25, 0.3) is 11.0 Å². The van der Waals surface area contributed by atoms with E-state index in [1.165, 1.54) is 4.57 Å². The topological polar surface area (TPSA) is 128 Å². The summed E-state index contributed by atoms with van der Waals surface area (Å²) >= 11 is 0. The molecule has 1 aromatic carbocycles. The number of hydrogen-bond acceptors (Lipinski definition) is 8. The number of anilines is 1. The number of benzene rings is 1. The molecule has 0 saturated heterocycles. The highest BCUT2D eigenvalue weighted by Crippen LogP contribution is 2.35. The number of aliphatic hydroxyl groups is 1. The van der Waals surface area contributed by atoms with Crippen LogP contribution in [0.5, 0.6) is 0 Å². The largest absolute Gasteiger partial charge is 0.391 e. The molecule has 0 bridgehead atoms. The number of nitrogens with zero attached hydrogens (tertiary/aromatic N) is 6. The third kappa shape index (κ3) is 5.25. The highest BCUT2D eigenvalue weighted by Gasteiger charge is 2.37. The molecule has 0 unspecified atom stereocenters. The fraction of sp³-hybridized carbons (Fsp3) is 0.414. The molecule has 0 spiro atoms. The van der Waals surface area contributed by atoms with Crippen LogP contribution in [0.2, 0.25) is 0 Å². The van der Waals surface area contributed by atoms with Gasteiger partial charge in [0.1, 0.15) is 34.5 Å². The van der Waals surface area contributed by atoms with Gasteiger partial charge in [-0.15, -0.1) is 0 Å². The van der Waals surface area contributed by atoms with Crippen molar-refractivity contribution in [3.8, 4) is 12.1 Å². The van der Waals surface area contributed by atoms with E-state index in [2.05, 4.69) is 10.1 Å². The molecule has 0 radical (unpaired) electrons. The smallest absolute Gasteiger partial charge is 0.270 e. The number of aliphatic hydroxyl groups excluding tert-OH is 1. The first-order chi connectivity index (χ1) is 18.1. The van der Waals surface area contributed by atoms with Gasteiger partial charge in [0.05, 0.1) is 29.1 Å². The van der Waals surface area contributed by atoms with Gasteiger partial charge in [0.15, 0.2) is 0 Å². The van der Waals surface area contributed by atoms with Crippen molar-refractivity contribution < 1.29 is 9.94 Å². The van der Waals surface area contributed by atoms with Crippen molar-refractivity contribution in [2.45, 2.75) is 57.8 Å². The summed E-state index contributed by atoms with van der Waals surface area (Å²) in [5.74, 6) is -0.0430. The standard InChI is InChI=1S/C29H32N6O3/c1-29(2,3)38-33-25(18-9-7-6-8-10-18)19-11-13-22(24(36)15-19)34(4)27-21(17-31)28(37)35(5)23-14-12-20(16-30)32-26(23)27/h6-10,12,14,19,22,24,36H,11,13,15H2,1-5H3/b33-25-/t19-,22+,24+/m0/s1. The Labute approximate surface area is 222 Å². The van der Waals surface area contributed by atoms with E-state index in [9.17, 15) is 20.4 Å². The van der Waals surface area contributed by atoms with Gasteiger partial charge in [0.25, 0.3) is 5.56 Å². The van der Waals surface area contributed by atoms with Crippen LogP contribution in [-0.2, 0) is 11.9 Å². The zero-order valence-electron chi connectivity index (χ0n) is 22.3. The molecule has 1 saturated carbocycles. The minimum atomic E-state index is -0.771. The molecule has 196 valence electrons. The molecule has 0 amide bonds. The molecule has 2 aromatic heterocycles. The Morgan fingerprint density at radius 2 is 1.87 bits per heavy atom. The van der Waals surface area contributed by atoms with Gasteiger partial charge < -0.3 is 19.4 Å². The van der Waals surface area contributed by atoms with Crippen LogP contribution in [0, 0.1) is 28.6 Å². The van der Waals surface area contributed by atoms with Crippen molar-refractivity contribution in [3.05, 3.63) is 69.6 Å².